The van der Waals surface area contributed by atoms with E-state index >= 15 is 0 Å². The molecule has 1 N–H and O–H groups in total. The maximum atomic E-state index is 12.6. The Hall–Kier alpha value is -1.79. The average molecular weight is 363 g/mol. The maximum absolute atomic E-state index is 12.6. The topological polar surface area (TPSA) is 81.9 Å². The molecule has 2 atom stereocenters. The lowest BCUT2D eigenvalue weighted by atomic mass is 9.81. The van der Waals surface area contributed by atoms with Gasteiger partial charge in [-0.25, -0.2) is 0 Å². The van der Waals surface area contributed by atoms with Crippen LogP contribution in [0.5, 0.6) is 0 Å². The molecule has 0 fully saturated rings. The summed E-state index contributed by atoms with van der Waals surface area (Å²) in [6, 6.07) is 7.39. The van der Waals surface area contributed by atoms with Crippen LogP contribution in [0.1, 0.15) is 51.0 Å². The number of carbonyl (C=O) groups excluding carboxylic acids is 1. The van der Waals surface area contributed by atoms with E-state index in [9.17, 15) is 14.5 Å². The monoisotopic (exact) mass is 363 g/mol. The van der Waals surface area contributed by atoms with E-state index in [1.165, 1.54) is 0 Å². The third-order valence-electron chi connectivity index (χ3n) is 4.20. The Morgan fingerprint density at radius 1 is 1.32 bits per heavy atom. The van der Waals surface area contributed by atoms with Crippen LogP contribution in [0.2, 0.25) is 0 Å². The summed E-state index contributed by atoms with van der Waals surface area (Å²) in [7, 11) is 0. The summed E-state index contributed by atoms with van der Waals surface area (Å²) in [6.07, 6.45) is 3.75. The van der Waals surface area contributed by atoms with Crippen LogP contribution < -0.4 is 0 Å². The standard InChI is InChI=1S/C19H25NO4S/c1-4-6-16(20-24-5-2)19-17(21)11-14(12-18(19)22)13-7-9-15(10-8-13)25(3)23/h7-10,14,21H,4-6,11-12H2,1-3H3/b20-16+. The number of nitrogens with zero attached hydrogens (tertiary/aromatic N) is 1. The molecule has 2 rings (SSSR count). The van der Waals surface area contributed by atoms with Gasteiger partial charge >= 0.3 is 0 Å². The Morgan fingerprint density at radius 2 is 2.00 bits per heavy atom. The van der Waals surface area contributed by atoms with Crippen molar-refractivity contribution in [2.45, 2.75) is 50.3 Å². The SMILES string of the molecule is CCC/C(=N\OCC)C1=C(O)CC(c2ccc([S+](C)[O-])cc2)CC1=O. The molecule has 0 heterocycles. The highest BCUT2D eigenvalue weighted by molar-refractivity contribution is 7.90. The van der Waals surface area contributed by atoms with Gasteiger partial charge in [0.1, 0.15) is 18.6 Å². The number of hydrogen-bond donors (Lipinski definition) is 1. The van der Waals surface area contributed by atoms with Crippen LogP contribution in [0.15, 0.2) is 45.6 Å². The zero-order valence-electron chi connectivity index (χ0n) is 14.9. The predicted octanol–water partition coefficient (Wildman–Crippen LogP) is 3.88. The highest BCUT2D eigenvalue weighted by Crippen LogP contribution is 2.35. The molecule has 6 heteroatoms. The molecule has 0 radical (unpaired) electrons. The van der Waals surface area contributed by atoms with Crippen molar-refractivity contribution in [2.24, 2.45) is 5.16 Å². The van der Waals surface area contributed by atoms with Crippen LogP contribution in [-0.4, -0.2) is 34.0 Å². The van der Waals surface area contributed by atoms with Crippen molar-refractivity contribution < 1.29 is 19.3 Å². The highest BCUT2D eigenvalue weighted by atomic mass is 32.2. The number of allylic oxidation sites excluding steroid dienone is 2. The Bertz CT molecular complexity index is 665. The molecular formula is C19H25NO4S. The number of oxime groups is 1. The van der Waals surface area contributed by atoms with E-state index < -0.39 is 11.2 Å². The van der Waals surface area contributed by atoms with Gasteiger partial charge < -0.3 is 14.5 Å². The minimum Gasteiger partial charge on any atom is -0.612 e. The Morgan fingerprint density at radius 3 is 2.52 bits per heavy atom. The van der Waals surface area contributed by atoms with Crippen LogP contribution in [0.3, 0.4) is 0 Å². The minimum atomic E-state index is -1.03. The summed E-state index contributed by atoms with van der Waals surface area (Å²) in [5.74, 6) is -0.106. The summed E-state index contributed by atoms with van der Waals surface area (Å²) in [5.41, 5.74) is 1.81. The summed E-state index contributed by atoms with van der Waals surface area (Å²) < 4.78 is 11.5. The largest absolute Gasteiger partial charge is 0.612 e. The molecular weight excluding hydrogens is 338 g/mol. The van der Waals surface area contributed by atoms with Crippen LogP contribution >= 0.6 is 0 Å². The summed E-state index contributed by atoms with van der Waals surface area (Å²) in [6.45, 7) is 4.24. The normalized spacial score (nSPS) is 19.9. The zero-order valence-corrected chi connectivity index (χ0v) is 15.8. The quantitative estimate of drug-likeness (QED) is 0.453. The number of hydrogen-bond acceptors (Lipinski definition) is 5. The molecule has 1 aliphatic rings. The first-order chi connectivity index (χ1) is 12.0. The molecule has 0 spiro atoms. The number of ketones is 1. The van der Waals surface area contributed by atoms with Crippen LogP contribution in [0.4, 0.5) is 0 Å². The zero-order chi connectivity index (χ0) is 18.4. The van der Waals surface area contributed by atoms with Crippen molar-refractivity contribution in [3.63, 3.8) is 0 Å². The fourth-order valence-electron chi connectivity index (χ4n) is 2.98. The molecule has 136 valence electrons. The summed E-state index contributed by atoms with van der Waals surface area (Å²) >= 11 is -1.03. The Kier molecular flexibility index (Phi) is 7.08. The van der Waals surface area contributed by atoms with E-state index in [0.29, 0.717) is 37.2 Å². The summed E-state index contributed by atoms with van der Waals surface area (Å²) in [4.78, 5) is 18.5. The second-order valence-electron chi connectivity index (χ2n) is 6.08. The lowest BCUT2D eigenvalue weighted by Gasteiger charge is -2.24. The van der Waals surface area contributed by atoms with Gasteiger partial charge in [0.05, 0.1) is 11.3 Å². The van der Waals surface area contributed by atoms with Gasteiger partial charge in [-0.1, -0.05) is 30.6 Å². The number of aliphatic hydroxyl groups is 1. The smallest absolute Gasteiger partial charge is 0.168 e. The number of carbonyl (C=O) groups is 1. The lowest BCUT2D eigenvalue weighted by molar-refractivity contribution is -0.116. The van der Waals surface area contributed by atoms with Gasteiger partial charge in [-0.3, -0.25) is 4.79 Å². The van der Waals surface area contributed by atoms with Gasteiger partial charge in [-0.15, -0.1) is 0 Å². The van der Waals surface area contributed by atoms with Crippen LogP contribution in [-0.2, 0) is 20.8 Å². The fraction of sp³-hybridized carbons (Fsp3) is 0.474. The second kappa shape index (κ2) is 9.06. The first kappa shape index (κ1) is 19.5. The van der Waals surface area contributed by atoms with Crippen LogP contribution in [0, 0.1) is 0 Å². The van der Waals surface area contributed by atoms with Gasteiger partial charge in [-0.2, -0.15) is 0 Å². The van der Waals surface area contributed by atoms with E-state index in [0.717, 1.165) is 16.9 Å². The van der Waals surface area contributed by atoms with E-state index in [1.807, 2.05) is 38.1 Å². The third kappa shape index (κ3) is 4.86. The van der Waals surface area contributed by atoms with Gasteiger partial charge in [0.25, 0.3) is 0 Å². The third-order valence-corrected chi connectivity index (χ3v) is 5.14. The van der Waals surface area contributed by atoms with E-state index in [1.54, 1.807) is 6.26 Å². The van der Waals surface area contributed by atoms with E-state index in [-0.39, 0.29) is 17.5 Å². The fourth-order valence-corrected chi connectivity index (χ4v) is 3.50. The minimum absolute atomic E-state index is 0.0782. The number of aliphatic hydroxyl groups excluding tert-OH is 1. The molecule has 0 saturated heterocycles. The molecule has 25 heavy (non-hydrogen) atoms. The predicted molar refractivity (Wildman–Crippen MR) is 99.4 cm³/mol. The highest BCUT2D eigenvalue weighted by Gasteiger charge is 2.31. The molecule has 2 unspecified atom stereocenters. The van der Waals surface area contributed by atoms with Crippen molar-refractivity contribution in [1.82, 2.24) is 0 Å². The van der Waals surface area contributed by atoms with Gasteiger partial charge in [0.15, 0.2) is 10.7 Å². The van der Waals surface area contributed by atoms with Gasteiger partial charge in [0.2, 0.25) is 0 Å². The lowest BCUT2D eigenvalue weighted by Crippen LogP contribution is -2.24. The van der Waals surface area contributed by atoms with Crippen molar-refractivity contribution >= 4 is 22.7 Å². The van der Waals surface area contributed by atoms with Crippen molar-refractivity contribution in [2.75, 3.05) is 12.9 Å². The Balaban J connectivity index is 2.24. The molecule has 1 aromatic carbocycles. The molecule has 0 bridgehead atoms. The number of Topliss-reactive ketones (excluding diaryl/α,β-unsaturated/α-hetero) is 1. The second-order valence-corrected chi connectivity index (χ2v) is 7.46. The molecule has 1 aromatic rings. The molecule has 5 nitrogen and oxygen atoms in total. The molecule has 1 aliphatic carbocycles. The Labute approximate surface area is 151 Å². The molecule has 0 aliphatic heterocycles. The van der Waals surface area contributed by atoms with Crippen molar-refractivity contribution in [1.29, 1.82) is 0 Å². The van der Waals surface area contributed by atoms with Crippen molar-refractivity contribution in [3.05, 3.63) is 41.2 Å². The molecule has 0 aromatic heterocycles. The first-order valence-corrected chi connectivity index (χ1v) is 10.1. The summed E-state index contributed by atoms with van der Waals surface area (Å²) in [5, 5.41) is 14.5. The molecule has 0 saturated carbocycles. The number of benzene rings is 1. The van der Waals surface area contributed by atoms with E-state index in [2.05, 4.69) is 5.16 Å². The maximum Gasteiger partial charge on any atom is 0.168 e. The molecule has 0 amide bonds. The van der Waals surface area contributed by atoms with Crippen molar-refractivity contribution in [3.8, 4) is 0 Å². The van der Waals surface area contributed by atoms with E-state index in [4.69, 9.17) is 4.84 Å². The van der Waals surface area contributed by atoms with Gasteiger partial charge in [-0.05, 0) is 48.1 Å². The average Bonchev–Trinajstić information content (AvgIpc) is 2.59. The first-order valence-electron chi connectivity index (χ1n) is 8.55. The number of rotatable bonds is 7. The van der Waals surface area contributed by atoms with Gasteiger partial charge in [0, 0.05) is 12.8 Å². The van der Waals surface area contributed by atoms with Crippen LogP contribution in [0.25, 0.3) is 0 Å².